The van der Waals surface area contributed by atoms with E-state index >= 15 is 0 Å². The Balaban J connectivity index is 1.44. The lowest BCUT2D eigenvalue weighted by molar-refractivity contribution is -0.148. The van der Waals surface area contributed by atoms with Crippen LogP contribution >= 0.6 is 0 Å². The Morgan fingerprint density at radius 3 is 2.54 bits per heavy atom. The summed E-state index contributed by atoms with van der Waals surface area (Å²) in [4.78, 5) is 30.2. The molecule has 0 saturated carbocycles. The van der Waals surface area contributed by atoms with E-state index in [1.54, 1.807) is 24.0 Å². The molecule has 3 fully saturated rings. The number of ether oxygens (including phenoxy) is 1. The molecule has 1 unspecified atom stereocenters. The van der Waals surface area contributed by atoms with E-state index in [4.69, 9.17) is 4.74 Å². The number of halogens is 1. The van der Waals surface area contributed by atoms with E-state index in [9.17, 15) is 14.0 Å². The number of hydrogen-bond donors (Lipinski definition) is 0. The molecule has 0 aliphatic carbocycles. The molecule has 28 heavy (non-hydrogen) atoms. The van der Waals surface area contributed by atoms with E-state index in [0.717, 1.165) is 57.5 Å². The first-order chi connectivity index (χ1) is 13.5. The molecule has 3 aliphatic heterocycles. The summed E-state index contributed by atoms with van der Waals surface area (Å²) in [5.74, 6) is -0.235. The standard InChI is InChI=1S/C21H28FN3O3/c1-16(26)23-11-7-18(8-12-23)24-10-2-9-21(14-24)15-25(20(27)13-28-21)19-5-3-17(22)4-6-19/h3-6,18H,2,7-15H2,1H3. The maximum Gasteiger partial charge on any atom is 0.253 e. The average Bonchev–Trinajstić information content (AvgIpc) is 2.71. The van der Waals surface area contributed by atoms with Crippen molar-refractivity contribution in [1.82, 2.24) is 9.80 Å². The fraction of sp³-hybridized carbons (Fsp3) is 0.619. The zero-order chi connectivity index (χ0) is 19.7. The quantitative estimate of drug-likeness (QED) is 0.777. The number of benzene rings is 1. The highest BCUT2D eigenvalue weighted by Crippen LogP contribution is 2.34. The van der Waals surface area contributed by atoms with Gasteiger partial charge in [0.15, 0.2) is 0 Å². The van der Waals surface area contributed by atoms with Crippen LogP contribution in [0.1, 0.15) is 32.6 Å². The minimum atomic E-state index is -0.377. The van der Waals surface area contributed by atoms with E-state index in [2.05, 4.69) is 4.90 Å². The van der Waals surface area contributed by atoms with E-state index < -0.39 is 0 Å². The number of piperidine rings is 2. The van der Waals surface area contributed by atoms with E-state index in [-0.39, 0.29) is 29.8 Å². The molecule has 1 aromatic carbocycles. The number of rotatable bonds is 2. The van der Waals surface area contributed by atoms with Crippen LogP contribution in [0.5, 0.6) is 0 Å². The van der Waals surface area contributed by atoms with Crippen molar-refractivity contribution in [3.8, 4) is 0 Å². The first-order valence-electron chi connectivity index (χ1n) is 10.2. The van der Waals surface area contributed by atoms with Crippen molar-refractivity contribution in [3.05, 3.63) is 30.1 Å². The molecule has 3 heterocycles. The van der Waals surface area contributed by atoms with Crippen LogP contribution in [0, 0.1) is 5.82 Å². The van der Waals surface area contributed by atoms with Crippen molar-refractivity contribution in [2.75, 3.05) is 44.2 Å². The summed E-state index contributed by atoms with van der Waals surface area (Å²) in [6.45, 7) is 5.64. The summed E-state index contributed by atoms with van der Waals surface area (Å²) in [6, 6.07) is 6.55. The highest BCUT2D eigenvalue weighted by Gasteiger charge is 2.45. The SMILES string of the molecule is CC(=O)N1CCC(N2CCCC3(CN(c4ccc(F)cc4)C(=O)CO3)C2)CC1. The predicted molar refractivity (Wildman–Crippen MR) is 104 cm³/mol. The van der Waals surface area contributed by atoms with Gasteiger partial charge in [0.1, 0.15) is 12.4 Å². The number of likely N-dealkylation sites (tertiary alicyclic amines) is 2. The first kappa shape index (κ1) is 19.3. The summed E-state index contributed by atoms with van der Waals surface area (Å²) in [5.41, 5.74) is 0.346. The topological polar surface area (TPSA) is 53.1 Å². The van der Waals surface area contributed by atoms with Crippen molar-refractivity contribution in [2.24, 2.45) is 0 Å². The predicted octanol–water partition coefficient (Wildman–Crippen LogP) is 2.03. The Bertz CT molecular complexity index is 733. The van der Waals surface area contributed by atoms with Crippen LogP contribution in [0.3, 0.4) is 0 Å². The zero-order valence-electron chi connectivity index (χ0n) is 16.4. The number of carbonyl (C=O) groups excluding carboxylic acids is 2. The van der Waals surface area contributed by atoms with Crippen molar-refractivity contribution < 1.29 is 18.7 Å². The van der Waals surface area contributed by atoms with Gasteiger partial charge in [0.05, 0.1) is 12.1 Å². The van der Waals surface area contributed by atoms with Gasteiger partial charge in [0, 0.05) is 38.3 Å². The Hall–Kier alpha value is -1.99. The molecule has 0 aromatic heterocycles. The fourth-order valence-electron chi connectivity index (χ4n) is 4.81. The van der Waals surface area contributed by atoms with E-state index in [1.807, 2.05) is 4.90 Å². The van der Waals surface area contributed by atoms with Crippen molar-refractivity contribution in [3.63, 3.8) is 0 Å². The molecule has 4 rings (SSSR count). The van der Waals surface area contributed by atoms with Gasteiger partial charge < -0.3 is 14.5 Å². The van der Waals surface area contributed by atoms with Crippen LogP contribution in [-0.4, -0.2) is 72.6 Å². The van der Waals surface area contributed by atoms with Crippen molar-refractivity contribution >= 4 is 17.5 Å². The summed E-state index contributed by atoms with van der Waals surface area (Å²) < 4.78 is 19.4. The van der Waals surface area contributed by atoms with Crippen LogP contribution in [0.2, 0.25) is 0 Å². The number of anilines is 1. The molecular weight excluding hydrogens is 361 g/mol. The molecule has 3 aliphatic rings. The molecule has 7 heteroatoms. The highest BCUT2D eigenvalue weighted by atomic mass is 19.1. The number of nitrogens with zero attached hydrogens (tertiary/aromatic N) is 3. The van der Waals surface area contributed by atoms with Crippen LogP contribution in [0.25, 0.3) is 0 Å². The zero-order valence-corrected chi connectivity index (χ0v) is 16.4. The lowest BCUT2D eigenvalue weighted by Gasteiger charge is -2.50. The number of carbonyl (C=O) groups is 2. The lowest BCUT2D eigenvalue weighted by atomic mass is 9.88. The second-order valence-corrected chi connectivity index (χ2v) is 8.24. The average molecular weight is 389 g/mol. The van der Waals surface area contributed by atoms with Gasteiger partial charge in [-0.2, -0.15) is 0 Å². The van der Waals surface area contributed by atoms with Gasteiger partial charge in [-0.25, -0.2) is 4.39 Å². The van der Waals surface area contributed by atoms with Gasteiger partial charge in [0.25, 0.3) is 5.91 Å². The molecule has 1 atom stereocenters. The summed E-state index contributed by atoms with van der Waals surface area (Å²) >= 11 is 0. The number of amides is 2. The van der Waals surface area contributed by atoms with Crippen LogP contribution in [0.4, 0.5) is 10.1 Å². The third-order valence-corrected chi connectivity index (χ3v) is 6.38. The monoisotopic (exact) mass is 389 g/mol. The van der Waals surface area contributed by atoms with Gasteiger partial charge >= 0.3 is 0 Å². The minimum Gasteiger partial charge on any atom is -0.362 e. The summed E-state index contributed by atoms with van der Waals surface area (Å²) in [7, 11) is 0. The van der Waals surface area contributed by atoms with Gasteiger partial charge in [-0.3, -0.25) is 14.5 Å². The molecule has 0 N–H and O–H groups in total. The largest absolute Gasteiger partial charge is 0.362 e. The Kier molecular flexibility index (Phi) is 5.38. The van der Waals surface area contributed by atoms with Crippen LogP contribution in [0.15, 0.2) is 24.3 Å². The molecule has 6 nitrogen and oxygen atoms in total. The second-order valence-electron chi connectivity index (χ2n) is 8.24. The second kappa shape index (κ2) is 7.79. The lowest BCUT2D eigenvalue weighted by Crippen LogP contribution is -2.63. The van der Waals surface area contributed by atoms with E-state index in [1.165, 1.54) is 12.1 Å². The van der Waals surface area contributed by atoms with Gasteiger partial charge in [-0.05, 0) is 56.5 Å². The van der Waals surface area contributed by atoms with Crippen molar-refractivity contribution in [2.45, 2.75) is 44.2 Å². The highest BCUT2D eigenvalue weighted by molar-refractivity contribution is 5.95. The molecule has 152 valence electrons. The third kappa shape index (κ3) is 3.91. The summed E-state index contributed by atoms with van der Waals surface area (Å²) in [6.07, 6.45) is 3.91. The normalized spacial score (nSPS) is 27.4. The van der Waals surface area contributed by atoms with Crippen LogP contribution < -0.4 is 4.90 Å². The molecule has 0 radical (unpaired) electrons. The number of hydrogen-bond acceptors (Lipinski definition) is 4. The van der Waals surface area contributed by atoms with Crippen LogP contribution in [-0.2, 0) is 14.3 Å². The molecule has 2 amide bonds. The molecule has 3 saturated heterocycles. The maximum atomic E-state index is 13.3. The van der Waals surface area contributed by atoms with Gasteiger partial charge in [-0.1, -0.05) is 0 Å². The Morgan fingerprint density at radius 1 is 1.14 bits per heavy atom. The first-order valence-corrected chi connectivity index (χ1v) is 10.2. The molecule has 0 bridgehead atoms. The van der Waals surface area contributed by atoms with E-state index in [0.29, 0.717) is 12.6 Å². The molecule has 1 aromatic rings. The maximum absolute atomic E-state index is 13.3. The van der Waals surface area contributed by atoms with Gasteiger partial charge in [0.2, 0.25) is 5.91 Å². The Morgan fingerprint density at radius 2 is 1.86 bits per heavy atom. The minimum absolute atomic E-state index is 0.0635. The van der Waals surface area contributed by atoms with Crippen molar-refractivity contribution in [1.29, 1.82) is 0 Å². The molecule has 1 spiro atoms. The fourth-order valence-corrected chi connectivity index (χ4v) is 4.81. The molecular formula is C21H28FN3O3. The number of morpholine rings is 1. The van der Waals surface area contributed by atoms with Gasteiger partial charge in [-0.15, -0.1) is 0 Å². The summed E-state index contributed by atoms with van der Waals surface area (Å²) in [5, 5.41) is 0. The third-order valence-electron chi connectivity index (χ3n) is 6.38. The smallest absolute Gasteiger partial charge is 0.253 e. The Labute approximate surface area is 165 Å².